The molecule has 0 fully saturated rings. The average molecular weight is 687 g/mol. The van der Waals surface area contributed by atoms with Gasteiger partial charge >= 0.3 is 0 Å². The quantitative estimate of drug-likeness (QED) is 0.185. The second-order valence-corrected chi connectivity index (χ2v) is 16.3. The van der Waals surface area contributed by atoms with Crippen LogP contribution in [0.1, 0.15) is 26.3 Å². The van der Waals surface area contributed by atoms with E-state index in [1.807, 2.05) is 34.9 Å². The number of benzene rings is 5. The van der Waals surface area contributed by atoms with Crippen LogP contribution >= 0.6 is 22.7 Å². The molecule has 50 heavy (non-hydrogen) atoms. The van der Waals surface area contributed by atoms with Gasteiger partial charge in [-0.1, -0.05) is 69.3 Å². The summed E-state index contributed by atoms with van der Waals surface area (Å²) in [7, 11) is 2.17. The van der Waals surface area contributed by atoms with Gasteiger partial charge in [0.15, 0.2) is 0 Å². The molecule has 0 aliphatic carbocycles. The topological polar surface area (TPSA) is 33.5 Å². The Morgan fingerprint density at radius 1 is 0.680 bits per heavy atom. The maximum absolute atomic E-state index is 6.71. The maximum Gasteiger partial charge on any atom is 0.137 e. The minimum atomic E-state index is -0.0135. The molecular formula is C43H34N4OS2. The number of thiophene rings is 2. The summed E-state index contributed by atoms with van der Waals surface area (Å²) in [6.07, 6.45) is 1.95. The molecule has 1 aliphatic rings. The van der Waals surface area contributed by atoms with Crippen LogP contribution in [-0.4, -0.2) is 23.3 Å². The monoisotopic (exact) mass is 686 g/mol. The van der Waals surface area contributed by atoms with Crippen molar-refractivity contribution in [1.82, 2.24) is 9.55 Å². The van der Waals surface area contributed by atoms with Crippen LogP contribution in [0.4, 0.5) is 16.4 Å². The smallest absolute Gasteiger partial charge is 0.137 e. The number of pyridine rings is 1. The lowest BCUT2D eigenvalue weighted by Gasteiger charge is -2.21. The number of fused-ring (bicyclic) bond motifs is 10. The highest BCUT2D eigenvalue weighted by Gasteiger charge is 2.29. The van der Waals surface area contributed by atoms with Crippen molar-refractivity contribution in [2.45, 2.75) is 26.2 Å². The largest absolute Gasteiger partial charge is 0.457 e. The predicted molar refractivity (Wildman–Crippen MR) is 214 cm³/mol. The van der Waals surface area contributed by atoms with Crippen molar-refractivity contribution in [2.24, 2.45) is 0 Å². The van der Waals surface area contributed by atoms with Gasteiger partial charge in [-0.15, -0.1) is 22.7 Å². The van der Waals surface area contributed by atoms with E-state index in [1.165, 1.54) is 62.8 Å². The van der Waals surface area contributed by atoms with E-state index < -0.39 is 0 Å². The number of aromatic nitrogens is 2. The lowest BCUT2D eigenvalue weighted by molar-refractivity contribution is 0.483. The molecule has 0 amide bonds. The summed E-state index contributed by atoms with van der Waals surface area (Å²) < 4.78 is 12.9. The van der Waals surface area contributed by atoms with E-state index in [9.17, 15) is 0 Å². The van der Waals surface area contributed by atoms with Gasteiger partial charge in [-0.2, -0.15) is 0 Å². The second kappa shape index (κ2) is 10.8. The summed E-state index contributed by atoms with van der Waals surface area (Å²) in [5, 5.41) is 7.53. The Morgan fingerprint density at radius 3 is 2.28 bits per heavy atom. The highest BCUT2D eigenvalue weighted by Crippen LogP contribution is 2.51. The number of hydrogen-bond donors (Lipinski definition) is 0. The maximum atomic E-state index is 6.71. The minimum absolute atomic E-state index is 0.0135. The number of nitrogens with zero attached hydrogens (tertiary/aromatic N) is 4. The van der Waals surface area contributed by atoms with Gasteiger partial charge in [0.1, 0.15) is 22.3 Å². The van der Waals surface area contributed by atoms with E-state index in [-0.39, 0.29) is 5.41 Å². The van der Waals surface area contributed by atoms with Crippen molar-refractivity contribution >= 4 is 91.1 Å². The van der Waals surface area contributed by atoms with Gasteiger partial charge in [0, 0.05) is 72.1 Å². The fraction of sp³-hybridized carbons (Fsp3) is 0.140. The van der Waals surface area contributed by atoms with Gasteiger partial charge in [-0.3, -0.25) is 4.57 Å². The summed E-state index contributed by atoms with van der Waals surface area (Å²) >= 11 is 3.70. The molecule has 5 aromatic carbocycles. The summed E-state index contributed by atoms with van der Waals surface area (Å²) in [4.78, 5) is 9.72. The van der Waals surface area contributed by atoms with Crippen LogP contribution < -0.4 is 14.5 Å². The van der Waals surface area contributed by atoms with Crippen molar-refractivity contribution in [3.05, 3.63) is 127 Å². The molecule has 0 atom stereocenters. The van der Waals surface area contributed by atoms with Gasteiger partial charge in [-0.05, 0) is 65.6 Å². The molecule has 0 saturated carbocycles. The predicted octanol–water partition coefficient (Wildman–Crippen LogP) is 12.4. The molecule has 5 nitrogen and oxygen atoms in total. The Balaban J connectivity index is 1.13. The molecule has 9 aromatic rings. The first kappa shape index (κ1) is 29.5. The van der Waals surface area contributed by atoms with Crippen LogP contribution in [0.15, 0.2) is 121 Å². The Kier molecular flexibility index (Phi) is 6.39. The molecular weight excluding hydrogens is 653 g/mol. The zero-order valence-electron chi connectivity index (χ0n) is 28.3. The normalized spacial score (nSPS) is 13.4. The van der Waals surface area contributed by atoms with E-state index in [2.05, 4.69) is 151 Å². The summed E-state index contributed by atoms with van der Waals surface area (Å²) in [5.41, 5.74) is 5.88. The van der Waals surface area contributed by atoms with Crippen LogP contribution in [0, 0.1) is 0 Å². The van der Waals surface area contributed by atoms with Crippen molar-refractivity contribution < 1.29 is 4.74 Å². The van der Waals surface area contributed by atoms with Gasteiger partial charge in [0.25, 0.3) is 0 Å². The van der Waals surface area contributed by atoms with Gasteiger partial charge in [0.2, 0.25) is 0 Å². The van der Waals surface area contributed by atoms with Crippen LogP contribution in [0.25, 0.3) is 57.9 Å². The number of ether oxygens (including phenoxy) is 1. The van der Waals surface area contributed by atoms with E-state index in [0.29, 0.717) is 0 Å². The van der Waals surface area contributed by atoms with Crippen LogP contribution in [0.5, 0.6) is 11.5 Å². The van der Waals surface area contributed by atoms with Gasteiger partial charge in [-0.25, -0.2) is 4.98 Å². The lowest BCUT2D eigenvalue weighted by atomic mass is 9.88. The minimum Gasteiger partial charge on any atom is -0.457 e. The Hall–Kier alpha value is -5.37. The summed E-state index contributed by atoms with van der Waals surface area (Å²) in [5.74, 6) is 2.51. The first-order valence-corrected chi connectivity index (χ1v) is 18.6. The van der Waals surface area contributed by atoms with Crippen LogP contribution in [0.3, 0.4) is 0 Å². The third-order valence-electron chi connectivity index (χ3n) is 9.97. The Bertz CT molecular complexity index is 2800. The highest BCUT2D eigenvalue weighted by molar-refractivity contribution is 7.26. The third kappa shape index (κ3) is 4.47. The molecule has 7 heteroatoms. The zero-order chi connectivity index (χ0) is 33.7. The molecule has 0 N–H and O–H groups in total. The van der Waals surface area contributed by atoms with Crippen molar-refractivity contribution in [3.63, 3.8) is 0 Å². The standard InChI is InChI=1S/C43H34N4OS2/c1-43(2,3)26-20-21-44-38(22-26)47-34-24-29(16-17-30(34)31-18-19-37-39(40(31)47)32-12-5-7-14-35(32)49-37)48-28-11-9-10-27(23-28)46-25-45(4)42-41(46)33-13-6-8-15-36(33)50-42/h5-24H,25H2,1-4H3. The number of rotatable bonds is 4. The average Bonchev–Trinajstić information content (AvgIpc) is 3.86. The fourth-order valence-corrected chi connectivity index (χ4v) is 9.82. The van der Waals surface area contributed by atoms with Crippen molar-refractivity contribution in [2.75, 3.05) is 23.5 Å². The molecule has 0 spiro atoms. The summed E-state index contributed by atoms with van der Waals surface area (Å²) in [6.45, 7) is 7.56. The third-order valence-corrected chi connectivity index (χ3v) is 12.4. The molecule has 0 saturated heterocycles. The molecule has 5 heterocycles. The Morgan fingerprint density at radius 2 is 1.44 bits per heavy atom. The molecule has 244 valence electrons. The highest BCUT2D eigenvalue weighted by atomic mass is 32.1. The lowest BCUT2D eigenvalue weighted by Crippen LogP contribution is -2.24. The fourth-order valence-electron chi connectivity index (χ4n) is 7.55. The van der Waals surface area contributed by atoms with Crippen molar-refractivity contribution in [3.8, 4) is 17.3 Å². The molecule has 0 radical (unpaired) electrons. The molecule has 0 bridgehead atoms. The molecule has 0 unspecified atom stereocenters. The zero-order valence-corrected chi connectivity index (χ0v) is 29.9. The van der Waals surface area contributed by atoms with E-state index in [0.717, 1.165) is 35.2 Å². The van der Waals surface area contributed by atoms with Crippen LogP contribution in [0.2, 0.25) is 0 Å². The molecule has 4 aromatic heterocycles. The Labute approximate surface area is 298 Å². The van der Waals surface area contributed by atoms with E-state index >= 15 is 0 Å². The van der Waals surface area contributed by atoms with E-state index in [4.69, 9.17) is 9.72 Å². The SMILES string of the molecule is CN1CN(c2cccc(Oc3ccc4c5ccc6sc7ccccc7c6c5n(-c5cc(C(C)(C)C)ccn5)c4c3)c2)c2c1sc1ccccc21. The van der Waals surface area contributed by atoms with Crippen molar-refractivity contribution in [1.29, 1.82) is 0 Å². The first-order valence-electron chi connectivity index (χ1n) is 17.0. The molecule has 1 aliphatic heterocycles. The van der Waals surface area contributed by atoms with Crippen LogP contribution in [-0.2, 0) is 5.41 Å². The van der Waals surface area contributed by atoms with E-state index in [1.54, 1.807) is 0 Å². The second-order valence-electron chi connectivity index (χ2n) is 14.2. The van der Waals surface area contributed by atoms with Gasteiger partial charge in [0.05, 0.1) is 23.4 Å². The number of anilines is 3. The summed E-state index contributed by atoms with van der Waals surface area (Å²) in [6, 6.07) is 41.3. The number of hydrogen-bond acceptors (Lipinski definition) is 6. The van der Waals surface area contributed by atoms with Gasteiger partial charge < -0.3 is 14.5 Å². The molecule has 10 rings (SSSR count). The first-order chi connectivity index (χ1) is 24.3.